The van der Waals surface area contributed by atoms with Crippen LogP contribution in [0, 0.1) is 31.1 Å². The molecule has 0 N–H and O–H groups in total. The molecule has 1 saturated carbocycles. The predicted molar refractivity (Wildman–Crippen MR) is 119 cm³/mol. The van der Waals surface area contributed by atoms with Gasteiger partial charge in [0.05, 0.1) is 16.5 Å². The van der Waals surface area contributed by atoms with Crippen LogP contribution < -0.4 is 0 Å². The molecule has 2 aliphatic rings. The average molecular weight is 420 g/mol. The Morgan fingerprint density at radius 1 is 1.13 bits per heavy atom. The van der Waals surface area contributed by atoms with Crippen molar-refractivity contribution in [3.63, 3.8) is 0 Å². The number of nitrogens with zero attached hydrogens (tertiary/aromatic N) is 3. The fourth-order valence-corrected chi connectivity index (χ4v) is 5.28. The lowest BCUT2D eigenvalue weighted by atomic mass is 9.89. The summed E-state index contributed by atoms with van der Waals surface area (Å²) in [5.74, 6) is 0.270. The van der Waals surface area contributed by atoms with Crippen molar-refractivity contribution >= 4 is 29.0 Å². The largest absolute Gasteiger partial charge is 0.318 e. The predicted octanol–water partition coefficient (Wildman–Crippen LogP) is 5.58. The standard InChI is InChI=1S/C24H25N3O2S/c1-16-12-20(17(2)27(16)21-10-8-18(14-25)9-11-21)13-22-23(28)26(24(29)30-22)15-19-6-4-3-5-7-19/h8-13,19H,3-7,15H2,1-2H3/b22-13+. The minimum Gasteiger partial charge on any atom is -0.318 e. The van der Waals surface area contributed by atoms with Crippen LogP contribution in [0.2, 0.25) is 0 Å². The molecule has 2 fully saturated rings. The number of carbonyl (C=O) groups excluding carboxylic acids is 2. The molecule has 1 aromatic heterocycles. The molecule has 1 aromatic carbocycles. The maximum atomic E-state index is 12.9. The second-order valence-electron chi connectivity index (χ2n) is 8.12. The molecule has 1 aliphatic heterocycles. The van der Waals surface area contributed by atoms with Gasteiger partial charge in [-0.1, -0.05) is 19.3 Å². The van der Waals surface area contributed by atoms with Gasteiger partial charge in [-0.05, 0) is 86.3 Å². The highest BCUT2D eigenvalue weighted by molar-refractivity contribution is 8.18. The van der Waals surface area contributed by atoms with Gasteiger partial charge in [0.1, 0.15) is 0 Å². The van der Waals surface area contributed by atoms with Gasteiger partial charge < -0.3 is 4.57 Å². The summed E-state index contributed by atoms with van der Waals surface area (Å²) in [4.78, 5) is 27.3. The summed E-state index contributed by atoms with van der Waals surface area (Å²) in [5.41, 5.74) is 4.54. The van der Waals surface area contributed by atoms with Crippen LogP contribution in [0.4, 0.5) is 4.79 Å². The van der Waals surface area contributed by atoms with Gasteiger partial charge in [0.15, 0.2) is 0 Å². The molecule has 154 valence electrons. The highest BCUT2D eigenvalue weighted by atomic mass is 32.2. The van der Waals surface area contributed by atoms with Crippen molar-refractivity contribution in [1.82, 2.24) is 9.47 Å². The van der Waals surface area contributed by atoms with E-state index in [-0.39, 0.29) is 11.1 Å². The Hall–Kier alpha value is -2.78. The smallest absolute Gasteiger partial charge is 0.293 e. The van der Waals surface area contributed by atoms with Gasteiger partial charge in [0.2, 0.25) is 0 Å². The summed E-state index contributed by atoms with van der Waals surface area (Å²) in [6.45, 7) is 4.56. The van der Waals surface area contributed by atoms with Crippen LogP contribution in [0.3, 0.4) is 0 Å². The lowest BCUT2D eigenvalue weighted by Crippen LogP contribution is -2.34. The molecule has 0 atom stereocenters. The Bertz CT molecular complexity index is 1050. The number of thioether (sulfide) groups is 1. The molecular weight excluding hydrogens is 394 g/mol. The monoisotopic (exact) mass is 419 g/mol. The molecule has 1 aliphatic carbocycles. The van der Waals surface area contributed by atoms with E-state index >= 15 is 0 Å². The summed E-state index contributed by atoms with van der Waals surface area (Å²) in [6.07, 6.45) is 7.69. The molecule has 30 heavy (non-hydrogen) atoms. The van der Waals surface area contributed by atoms with Crippen molar-refractivity contribution in [2.45, 2.75) is 46.0 Å². The van der Waals surface area contributed by atoms with E-state index in [9.17, 15) is 9.59 Å². The van der Waals surface area contributed by atoms with Crippen LogP contribution >= 0.6 is 11.8 Å². The number of hydrogen-bond donors (Lipinski definition) is 0. The van der Waals surface area contributed by atoms with E-state index in [2.05, 4.69) is 10.6 Å². The third-order valence-electron chi connectivity index (χ3n) is 6.05. The van der Waals surface area contributed by atoms with Crippen molar-refractivity contribution in [3.05, 3.63) is 57.8 Å². The molecule has 4 rings (SSSR count). The van der Waals surface area contributed by atoms with Crippen molar-refractivity contribution in [2.75, 3.05) is 6.54 Å². The first-order chi connectivity index (χ1) is 14.5. The third kappa shape index (κ3) is 3.95. The summed E-state index contributed by atoms with van der Waals surface area (Å²) < 4.78 is 2.10. The molecule has 1 saturated heterocycles. The molecule has 0 spiro atoms. The van der Waals surface area contributed by atoms with Crippen molar-refractivity contribution in [1.29, 1.82) is 5.26 Å². The Morgan fingerprint density at radius 3 is 2.50 bits per heavy atom. The lowest BCUT2D eigenvalue weighted by molar-refractivity contribution is -0.123. The molecule has 5 nitrogen and oxygen atoms in total. The van der Waals surface area contributed by atoms with E-state index in [0.717, 1.165) is 47.2 Å². The molecule has 0 bridgehead atoms. The van der Waals surface area contributed by atoms with Crippen LogP contribution in [-0.2, 0) is 4.79 Å². The van der Waals surface area contributed by atoms with Gasteiger partial charge in [-0.3, -0.25) is 14.5 Å². The average Bonchev–Trinajstić information content (AvgIpc) is 3.18. The Balaban J connectivity index is 1.58. The number of amides is 2. The summed E-state index contributed by atoms with van der Waals surface area (Å²) in [7, 11) is 0. The minimum absolute atomic E-state index is 0.155. The van der Waals surface area contributed by atoms with E-state index < -0.39 is 0 Å². The van der Waals surface area contributed by atoms with E-state index in [1.165, 1.54) is 24.2 Å². The maximum Gasteiger partial charge on any atom is 0.293 e. The van der Waals surface area contributed by atoms with Crippen LogP contribution in [0.5, 0.6) is 0 Å². The first-order valence-electron chi connectivity index (χ1n) is 10.4. The Kier molecular flexibility index (Phi) is 5.83. The SMILES string of the molecule is Cc1cc(/C=C2/SC(=O)N(CC3CCCCC3)C2=O)c(C)n1-c1ccc(C#N)cc1. The van der Waals surface area contributed by atoms with Crippen LogP contribution in [0.1, 0.15) is 54.6 Å². The molecule has 2 amide bonds. The number of nitriles is 1. The number of benzene rings is 1. The molecule has 2 aromatic rings. The normalized spacial score (nSPS) is 19.0. The van der Waals surface area contributed by atoms with Crippen LogP contribution in [0.15, 0.2) is 35.2 Å². The Morgan fingerprint density at radius 2 is 1.83 bits per heavy atom. The number of hydrogen-bond acceptors (Lipinski definition) is 4. The highest BCUT2D eigenvalue weighted by Crippen LogP contribution is 2.35. The lowest BCUT2D eigenvalue weighted by Gasteiger charge is -2.25. The molecular formula is C24H25N3O2S. The first-order valence-corrected chi connectivity index (χ1v) is 11.2. The summed E-state index contributed by atoms with van der Waals surface area (Å²) >= 11 is 1.04. The van der Waals surface area contributed by atoms with E-state index in [0.29, 0.717) is 22.9 Å². The van der Waals surface area contributed by atoms with Gasteiger partial charge in [-0.2, -0.15) is 5.26 Å². The summed E-state index contributed by atoms with van der Waals surface area (Å²) in [6, 6.07) is 11.6. The molecule has 0 radical (unpaired) electrons. The van der Waals surface area contributed by atoms with E-state index in [1.54, 1.807) is 12.1 Å². The zero-order valence-electron chi connectivity index (χ0n) is 17.4. The number of carbonyl (C=O) groups is 2. The number of aryl methyl sites for hydroxylation is 1. The molecule has 6 heteroatoms. The number of aromatic nitrogens is 1. The quantitative estimate of drug-likeness (QED) is 0.607. The molecule has 0 unspecified atom stereocenters. The number of imide groups is 1. The topological polar surface area (TPSA) is 66.1 Å². The van der Waals surface area contributed by atoms with Gasteiger partial charge in [-0.15, -0.1) is 0 Å². The van der Waals surface area contributed by atoms with E-state index in [4.69, 9.17) is 5.26 Å². The van der Waals surface area contributed by atoms with Crippen molar-refractivity contribution in [3.8, 4) is 11.8 Å². The van der Waals surface area contributed by atoms with E-state index in [1.807, 2.05) is 38.1 Å². The zero-order valence-corrected chi connectivity index (χ0v) is 18.2. The van der Waals surface area contributed by atoms with Crippen molar-refractivity contribution < 1.29 is 9.59 Å². The van der Waals surface area contributed by atoms with Gasteiger partial charge in [-0.25, -0.2) is 0 Å². The van der Waals surface area contributed by atoms with Gasteiger partial charge >= 0.3 is 0 Å². The highest BCUT2D eigenvalue weighted by Gasteiger charge is 2.36. The second kappa shape index (κ2) is 8.53. The second-order valence-corrected chi connectivity index (χ2v) is 9.11. The van der Waals surface area contributed by atoms with Crippen LogP contribution in [0.25, 0.3) is 11.8 Å². The maximum absolute atomic E-state index is 12.9. The van der Waals surface area contributed by atoms with Crippen LogP contribution in [-0.4, -0.2) is 27.2 Å². The van der Waals surface area contributed by atoms with Gasteiger partial charge in [0.25, 0.3) is 11.1 Å². The summed E-state index contributed by atoms with van der Waals surface area (Å²) in [5, 5.41) is 8.86. The molecule has 2 heterocycles. The first kappa shape index (κ1) is 20.5. The zero-order chi connectivity index (χ0) is 21.3. The fraction of sp³-hybridized carbons (Fsp3) is 0.375. The Labute approximate surface area is 181 Å². The third-order valence-corrected chi connectivity index (χ3v) is 6.96. The van der Waals surface area contributed by atoms with Crippen molar-refractivity contribution in [2.24, 2.45) is 5.92 Å². The minimum atomic E-state index is -0.168. The van der Waals surface area contributed by atoms with Gasteiger partial charge in [0, 0.05) is 23.6 Å². The fourth-order valence-electron chi connectivity index (χ4n) is 4.44. The number of rotatable bonds is 4.